The Morgan fingerprint density at radius 3 is 2.55 bits per heavy atom. The van der Waals surface area contributed by atoms with Crippen molar-refractivity contribution in [2.24, 2.45) is 5.73 Å². The van der Waals surface area contributed by atoms with Crippen molar-refractivity contribution in [3.8, 4) is 0 Å². The van der Waals surface area contributed by atoms with E-state index in [9.17, 15) is 4.39 Å². The van der Waals surface area contributed by atoms with E-state index in [4.69, 9.17) is 10.5 Å². The van der Waals surface area contributed by atoms with Gasteiger partial charge in [-0.2, -0.15) is 0 Å². The van der Waals surface area contributed by atoms with Gasteiger partial charge < -0.3 is 10.5 Å². The van der Waals surface area contributed by atoms with Crippen LogP contribution in [0.1, 0.15) is 24.3 Å². The number of nitrogens with two attached hydrogens (primary N) is 1. The van der Waals surface area contributed by atoms with E-state index in [1.807, 2.05) is 25.1 Å². The van der Waals surface area contributed by atoms with Gasteiger partial charge in [0, 0.05) is 24.4 Å². The molecule has 2 N–H and O–H groups in total. The molecule has 0 bridgehead atoms. The summed E-state index contributed by atoms with van der Waals surface area (Å²) in [6.07, 6.45) is 2.25. The van der Waals surface area contributed by atoms with Crippen LogP contribution in [0, 0.1) is 5.82 Å². The molecule has 2 unspecified atom stereocenters. The van der Waals surface area contributed by atoms with Gasteiger partial charge in [0.1, 0.15) is 5.82 Å². The summed E-state index contributed by atoms with van der Waals surface area (Å²) in [6.45, 7) is 2.41. The number of halogens is 1. The van der Waals surface area contributed by atoms with Gasteiger partial charge in [-0.3, -0.25) is 4.98 Å². The Morgan fingerprint density at radius 2 is 1.95 bits per heavy atom. The molecule has 0 saturated carbocycles. The van der Waals surface area contributed by atoms with E-state index in [0.29, 0.717) is 6.61 Å². The lowest BCUT2D eigenvalue weighted by Gasteiger charge is -2.22. The van der Waals surface area contributed by atoms with Crippen LogP contribution in [-0.4, -0.2) is 17.6 Å². The van der Waals surface area contributed by atoms with Crippen molar-refractivity contribution in [2.75, 3.05) is 6.61 Å². The zero-order chi connectivity index (χ0) is 14.4. The number of benzene rings is 1. The lowest BCUT2D eigenvalue weighted by molar-refractivity contribution is 0.0399. The minimum atomic E-state index is -0.259. The first kappa shape index (κ1) is 14.6. The van der Waals surface area contributed by atoms with Crippen molar-refractivity contribution in [3.05, 3.63) is 65.7 Å². The lowest BCUT2D eigenvalue weighted by Crippen LogP contribution is -2.27. The minimum Gasteiger partial charge on any atom is -0.372 e. The van der Waals surface area contributed by atoms with E-state index in [1.165, 1.54) is 12.1 Å². The summed E-state index contributed by atoms with van der Waals surface area (Å²) in [5, 5.41) is 0. The molecule has 106 valence electrons. The highest BCUT2D eigenvalue weighted by Crippen LogP contribution is 2.20. The fraction of sp³-hybridized carbons (Fsp3) is 0.312. The van der Waals surface area contributed by atoms with Crippen LogP contribution < -0.4 is 5.73 Å². The maximum Gasteiger partial charge on any atom is 0.123 e. The molecule has 0 aliphatic heterocycles. The third kappa shape index (κ3) is 4.11. The second-order valence-electron chi connectivity index (χ2n) is 4.77. The number of pyridine rings is 1. The predicted octanol–water partition coefficient (Wildman–Crippen LogP) is 2.87. The van der Waals surface area contributed by atoms with Crippen molar-refractivity contribution < 1.29 is 9.13 Å². The molecular weight excluding hydrogens is 255 g/mol. The third-order valence-corrected chi connectivity index (χ3v) is 3.06. The summed E-state index contributed by atoms with van der Waals surface area (Å²) in [4.78, 5) is 4.24. The molecule has 2 aromatic rings. The summed E-state index contributed by atoms with van der Waals surface area (Å²) in [7, 11) is 0. The largest absolute Gasteiger partial charge is 0.372 e. The van der Waals surface area contributed by atoms with Gasteiger partial charge >= 0.3 is 0 Å². The first-order valence-corrected chi connectivity index (χ1v) is 6.69. The number of hydrogen-bond acceptors (Lipinski definition) is 3. The Balaban J connectivity index is 1.94. The average Bonchev–Trinajstić information content (AvgIpc) is 2.46. The molecule has 3 nitrogen and oxygen atoms in total. The second kappa shape index (κ2) is 7.12. The Morgan fingerprint density at radius 1 is 1.20 bits per heavy atom. The van der Waals surface area contributed by atoms with Crippen LogP contribution in [0.2, 0.25) is 0 Å². The van der Waals surface area contributed by atoms with E-state index in [1.54, 1.807) is 18.3 Å². The van der Waals surface area contributed by atoms with Crippen LogP contribution in [0.15, 0.2) is 48.7 Å². The van der Waals surface area contributed by atoms with Crippen LogP contribution in [0.25, 0.3) is 0 Å². The number of ether oxygens (including phenoxy) is 1. The van der Waals surface area contributed by atoms with Crippen LogP contribution in [0.5, 0.6) is 0 Å². The zero-order valence-electron chi connectivity index (χ0n) is 11.5. The average molecular weight is 274 g/mol. The van der Waals surface area contributed by atoms with Crippen molar-refractivity contribution in [2.45, 2.75) is 25.5 Å². The van der Waals surface area contributed by atoms with Gasteiger partial charge in [-0.05, 0) is 36.8 Å². The van der Waals surface area contributed by atoms with Gasteiger partial charge in [0.2, 0.25) is 0 Å². The number of nitrogens with zero attached hydrogens (tertiary/aromatic N) is 1. The molecule has 1 aromatic heterocycles. The molecule has 1 aromatic carbocycles. The molecule has 0 aliphatic carbocycles. The minimum absolute atomic E-state index is 0.163. The quantitative estimate of drug-likeness (QED) is 0.881. The van der Waals surface area contributed by atoms with E-state index >= 15 is 0 Å². The molecule has 0 aliphatic rings. The summed E-state index contributed by atoms with van der Waals surface area (Å²) < 4.78 is 18.8. The van der Waals surface area contributed by atoms with E-state index in [-0.39, 0.29) is 18.0 Å². The van der Waals surface area contributed by atoms with Crippen molar-refractivity contribution in [1.29, 1.82) is 0 Å². The van der Waals surface area contributed by atoms with Crippen LogP contribution in [0.3, 0.4) is 0 Å². The Labute approximate surface area is 118 Å². The van der Waals surface area contributed by atoms with Crippen LogP contribution in [-0.2, 0) is 11.2 Å². The van der Waals surface area contributed by atoms with Crippen LogP contribution >= 0.6 is 0 Å². The Kier molecular flexibility index (Phi) is 5.21. The molecule has 0 fully saturated rings. The monoisotopic (exact) mass is 274 g/mol. The normalized spacial score (nSPS) is 13.9. The van der Waals surface area contributed by atoms with Gasteiger partial charge in [-0.25, -0.2) is 4.39 Å². The first-order valence-electron chi connectivity index (χ1n) is 6.69. The molecule has 0 amide bonds. The van der Waals surface area contributed by atoms with Gasteiger partial charge in [0.25, 0.3) is 0 Å². The summed E-state index contributed by atoms with van der Waals surface area (Å²) in [5.41, 5.74) is 7.82. The van der Waals surface area contributed by atoms with Crippen molar-refractivity contribution in [3.63, 3.8) is 0 Å². The van der Waals surface area contributed by atoms with E-state index < -0.39 is 0 Å². The van der Waals surface area contributed by atoms with Gasteiger partial charge in [-0.15, -0.1) is 0 Å². The van der Waals surface area contributed by atoms with Gasteiger partial charge in [0.15, 0.2) is 0 Å². The molecular formula is C16H19FN2O. The van der Waals surface area contributed by atoms with E-state index in [0.717, 1.165) is 17.7 Å². The van der Waals surface area contributed by atoms with E-state index in [2.05, 4.69) is 4.98 Å². The topological polar surface area (TPSA) is 48.1 Å². The zero-order valence-corrected chi connectivity index (χ0v) is 11.5. The summed E-state index contributed by atoms with van der Waals surface area (Å²) in [6, 6.07) is 11.9. The number of aromatic nitrogens is 1. The third-order valence-electron chi connectivity index (χ3n) is 3.06. The van der Waals surface area contributed by atoms with Crippen molar-refractivity contribution >= 4 is 0 Å². The summed E-state index contributed by atoms with van der Waals surface area (Å²) >= 11 is 0. The highest BCUT2D eigenvalue weighted by molar-refractivity contribution is 5.20. The molecule has 1 heterocycles. The SMILES string of the molecule is CC(N)C(OCCc1ccccn1)c1ccc(F)cc1. The smallest absolute Gasteiger partial charge is 0.123 e. The highest BCUT2D eigenvalue weighted by atomic mass is 19.1. The Bertz CT molecular complexity index is 514. The molecule has 0 saturated heterocycles. The molecule has 4 heteroatoms. The highest BCUT2D eigenvalue weighted by Gasteiger charge is 2.16. The maximum absolute atomic E-state index is 12.9. The fourth-order valence-electron chi connectivity index (χ4n) is 2.04. The molecule has 2 rings (SSSR count). The number of hydrogen-bond donors (Lipinski definition) is 1. The predicted molar refractivity (Wildman–Crippen MR) is 76.7 cm³/mol. The van der Waals surface area contributed by atoms with Gasteiger partial charge in [-0.1, -0.05) is 18.2 Å². The van der Waals surface area contributed by atoms with Gasteiger partial charge in [0.05, 0.1) is 12.7 Å². The first-order chi connectivity index (χ1) is 9.66. The molecule has 0 spiro atoms. The molecule has 2 atom stereocenters. The van der Waals surface area contributed by atoms with Crippen molar-refractivity contribution in [1.82, 2.24) is 4.98 Å². The van der Waals surface area contributed by atoms with Crippen LogP contribution in [0.4, 0.5) is 4.39 Å². The maximum atomic E-state index is 12.9. The summed E-state index contributed by atoms with van der Waals surface area (Å²) in [5.74, 6) is -0.259. The number of rotatable bonds is 6. The lowest BCUT2D eigenvalue weighted by atomic mass is 10.0. The second-order valence-corrected chi connectivity index (χ2v) is 4.77. The molecule has 20 heavy (non-hydrogen) atoms. The standard InChI is InChI=1S/C16H19FN2O/c1-12(18)16(13-5-7-14(17)8-6-13)20-11-9-15-4-2-3-10-19-15/h2-8,10,12,16H,9,11,18H2,1H3. The molecule has 0 radical (unpaired) electrons. The fourth-order valence-corrected chi connectivity index (χ4v) is 2.04. The Hall–Kier alpha value is -1.78.